The summed E-state index contributed by atoms with van der Waals surface area (Å²) in [6, 6.07) is 7.53. The number of hydrogen-bond donors (Lipinski definition) is 0. The third-order valence-corrected chi connectivity index (χ3v) is 6.19. The van der Waals surface area contributed by atoms with E-state index >= 15 is 0 Å². The Morgan fingerprint density at radius 3 is 2.74 bits per heavy atom. The Hall–Kier alpha value is -3.72. The molecule has 0 N–H and O–H groups in total. The predicted octanol–water partition coefficient (Wildman–Crippen LogP) is 5.11. The number of pyridine rings is 1. The topological polar surface area (TPSA) is 114 Å². The molecule has 0 spiro atoms. The molecule has 0 aliphatic heterocycles. The fourth-order valence-corrected chi connectivity index (χ4v) is 4.52. The zero-order chi connectivity index (χ0) is 24.5. The largest absolute Gasteiger partial charge is 0.496 e. The summed E-state index contributed by atoms with van der Waals surface area (Å²) < 4.78 is 23.3. The molecule has 178 valence electrons. The average Bonchev–Trinajstić information content (AvgIpc) is 3.30. The fourth-order valence-electron chi connectivity index (χ4n) is 4.52. The van der Waals surface area contributed by atoms with Crippen molar-refractivity contribution in [2.75, 3.05) is 14.2 Å². The molecule has 2 atom stereocenters. The molecule has 0 radical (unpaired) electrons. The van der Waals surface area contributed by atoms with E-state index in [-0.39, 0.29) is 11.3 Å². The molecule has 1 aromatic carbocycles. The third kappa shape index (κ3) is 3.92. The minimum atomic E-state index is -1.14. The van der Waals surface area contributed by atoms with Crippen molar-refractivity contribution in [3.8, 4) is 5.75 Å². The maximum Gasteiger partial charge on any atom is 0.345 e. The molecule has 34 heavy (non-hydrogen) atoms. The van der Waals surface area contributed by atoms with Crippen molar-refractivity contribution in [3.05, 3.63) is 75.2 Å². The number of methoxy groups -OCH3 is 2. The summed E-state index contributed by atoms with van der Waals surface area (Å²) >= 11 is 0. The van der Waals surface area contributed by atoms with E-state index in [4.69, 9.17) is 23.6 Å². The molecular formula is C25H26N2O7. The van der Waals surface area contributed by atoms with E-state index in [1.165, 1.54) is 18.2 Å². The number of carbonyl (C=O) groups is 1. The van der Waals surface area contributed by atoms with Gasteiger partial charge < -0.3 is 18.6 Å². The summed E-state index contributed by atoms with van der Waals surface area (Å²) in [6.07, 6.45) is 4.09. The molecule has 2 aromatic heterocycles. The van der Waals surface area contributed by atoms with Gasteiger partial charge in [0.25, 0.3) is 5.69 Å². The van der Waals surface area contributed by atoms with Crippen LogP contribution in [0, 0.1) is 10.1 Å². The summed E-state index contributed by atoms with van der Waals surface area (Å²) in [5.41, 5.74) is 1.30. The van der Waals surface area contributed by atoms with Crippen LogP contribution in [0.1, 0.15) is 48.3 Å². The molecule has 3 aromatic rings. The van der Waals surface area contributed by atoms with Crippen LogP contribution in [0.2, 0.25) is 0 Å². The highest BCUT2D eigenvalue weighted by Gasteiger charge is 2.49. The van der Waals surface area contributed by atoms with Crippen LogP contribution in [-0.4, -0.2) is 36.2 Å². The number of esters is 1. The van der Waals surface area contributed by atoms with Crippen molar-refractivity contribution in [1.29, 1.82) is 0 Å². The minimum absolute atomic E-state index is 0.113. The van der Waals surface area contributed by atoms with E-state index in [1.54, 1.807) is 32.6 Å². The maximum absolute atomic E-state index is 13.1. The third-order valence-electron chi connectivity index (χ3n) is 6.19. The van der Waals surface area contributed by atoms with Gasteiger partial charge in [-0.1, -0.05) is 23.8 Å². The van der Waals surface area contributed by atoms with Crippen LogP contribution in [0.15, 0.2) is 52.7 Å². The van der Waals surface area contributed by atoms with Gasteiger partial charge in [-0.3, -0.25) is 10.1 Å². The van der Waals surface area contributed by atoms with Crippen LogP contribution in [0.3, 0.4) is 0 Å². The van der Waals surface area contributed by atoms with Crippen molar-refractivity contribution >= 4 is 22.8 Å². The van der Waals surface area contributed by atoms with Gasteiger partial charge in [0.1, 0.15) is 17.4 Å². The lowest BCUT2D eigenvalue weighted by atomic mass is 9.77. The second-order valence-electron chi connectivity index (χ2n) is 8.40. The molecule has 4 rings (SSSR count). The first-order valence-electron chi connectivity index (χ1n) is 10.9. The molecule has 1 aliphatic carbocycles. The number of hydrogen-bond acceptors (Lipinski definition) is 8. The van der Waals surface area contributed by atoms with E-state index in [1.807, 2.05) is 19.9 Å². The predicted molar refractivity (Wildman–Crippen MR) is 124 cm³/mol. The summed E-state index contributed by atoms with van der Waals surface area (Å²) in [6.45, 7) is 3.93. The van der Waals surface area contributed by atoms with Gasteiger partial charge in [-0.2, -0.15) is 0 Å². The number of fused-ring (bicyclic) bond motifs is 2. The lowest BCUT2D eigenvalue weighted by Crippen LogP contribution is -2.48. The van der Waals surface area contributed by atoms with Crippen molar-refractivity contribution in [3.63, 3.8) is 0 Å². The zero-order valence-electron chi connectivity index (χ0n) is 19.5. The summed E-state index contributed by atoms with van der Waals surface area (Å²) in [5.74, 6) is -0.138. The highest BCUT2D eigenvalue weighted by atomic mass is 16.6. The molecule has 0 saturated heterocycles. The number of carbonyl (C=O) groups excluding carboxylic acids is 1. The number of rotatable bonds is 7. The molecule has 0 fully saturated rings. The first-order chi connectivity index (χ1) is 16.3. The standard InChI is InChI=1S/C25H26N2O7/c1-15(2)11-13-25(32-4)20(34-24(28)16-7-5-6-8-19(16)27(29)30)10-9-17-21(31-3)18-12-14-33-23(18)26-22(17)25/h5-8,11-12,14,20H,9-10,13H2,1-4H3. The van der Waals surface area contributed by atoms with Crippen LogP contribution in [0.4, 0.5) is 5.69 Å². The Morgan fingerprint density at radius 1 is 1.29 bits per heavy atom. The van der Waals surface area contributed by atoms with Gasteiger partial charge in [-0.25, -0.2) is 9.78 Å². The SMILES string of the molecule is COc1c2c(nc3occc13)C(CC=C(C)C)(OC)C(OC(=O)c1ccccc1[N+](=O)[O-])CC2. The molecule has 9 heteroatoms. The summed E-state index contributed by atoms with van der Waals surface area (Å²) in [5, 5.41) is 12.2. The molecule has 0 bridgehead atoms. The van der Waals surface area contributed by atoms with Crippen LogP contribution in [0.25, 0.3) is 11.1 Å². The Balaban J connectivity index is 1.83. The molecule has 9 nitrogen and oxygen atoms in total. The maximum atomic E-state index is 13.1. The van der Waals surface area contributed by atoms with Gasteiger partial charge in [0.15, 0.2) is 5.60 Å². The van der Waals surface area contributed by atoms with E-state index in [0.717, 1.165) is 16.5 Å². The van der Waals surface area contributed by atoms with Gasteiger partial charge in [0, 0.05) is 25.2 Å². The van der Waals surface area contributed by atoms with E-state index in [9.17, 15) is 14.9 Å². The number of nitrogens with zero attached hydrogens (tertiary/aromatic N) is 2. The van der Waals surface area contributed by atoms with Crippen molar-refractivity contribution < 1.29 is 28.3 Å². The van der Waals surface area contributed by atoms with Crippen LogP contribution in [0.5, 0.6) is 5.75 Å². The van der Waals surface area contributed by atoms with Crippen LogP contribution < -0.4 is 4.74 Å². The Morgan fingerprint density at radius 2 is 2.06 bits per heavy atom. The lowest BCUT2D eigenvalue weighted by molar-refractivity contribution is -0.385. The first kappa shape index (κ1) is 23.4. The molecular weight excluding hydrogens is 440 g/mol. The molecule has 0 amide bonds. The number of furan rings is 1. The zero-order valence-corrected chi connectivity index (χ0v) is 19.5. The minimum Gasteiger partial charge on any atom is -0.496 e. The number of benzene rings is 1. The molecule has 2 heterocycles. The quantitative estimate of drug-likeness (QED) is 0.204. The second kappa shape index (κ2) is 9.26. The molecule has 1 aliphatic rings. The van der Waals surface area contributed by atoms with Crippen molar-refractivity contribution in [2.24, 2.45) is 0 Å². The van der Waals surface area contributed by atoms with E-state index in [0.29, 0.717) is 36.4 Å². The van der Waals surface area contributed by atoms with Gasteiger partial charge >= 0.3 is 5.97 Å². The average molecular weight is 466 g/mol. The van der Waals surface area contributed by atoms with Gasteiger partial charge in [0.2, 0.25) is 5.71 Å². The van der Waals surface area contributed by atoms with Gasteiger partial charge in [-0.05, 0) is 38.8 Å². The number of para-hydroxylation sites is 1. The monoisotopic (exact) mass is 466 g/mol. The number of allylic oxidation sites excluding steroid dienone is 1. The summed E-state index contributed by atoms with van der Waals surface area (Å²) in [4.78, 5) is 28.7. The van der Waals surface area contributed by atoms with E-state index in [2.05, 4.69) is 0 Å². The van der Waals surface area contributed by atoms with Crippen molar-refractivity contribution in [1.82, 2.24) is 4.98 Å². The molecule has 0 saturated carbocycles. The van der Waals surface area contributed by atoms with Gasteiger partial charge in [-0.15, -0.1) is 0 Å². The number of nitro benzene ring substituents is 1. The highest BCUT2D eigenvalue weighted by molar-refractivity contribution is 5.94. The number of aromatic nitrogens is 1. The summed E-state index contributed by atoms with van der Waals surface area (Å²) in [7, 11) is 3.13. The fraction of sp³-hybridized carbons (Fsp3) is 0.360. The normalized spacial score (nSPS) is 19.4. The number of nitro groups is 1. The highest BCUT2D eigenvalue weighted by Crippen LogP contribution is 2.47. The van der Waals surface area contributed by atoms with Gasteiger partial charge in [0.05, 0.1) is 29.4 Å². The number of ether oxygens (including phenoxy) is 3. The van der Waals surface area contributed by atoms with Crippen LogP contribution in [-0.2, 0) is 21.5 Å². The second-order valence-corrected chi connectivity index (χ2v) is 8.40. The van der Waals surface area contributed by atoms with Crippen LogP contribution >= 0.6 is 0 Å². The van der Waals surface area contributed by atoms with E-state index < -0.39 is 22.6 Å². The Bertz CT molecular complexity index is 1280. The lowest BCUT2D eigenvalue weighted by Gasteiger charge is -2.42. The first-order valence-corrected chi connectivity index (χ1v) is 10.9. The Labute approximate surface area is 196 Å². The Kier molecular flexibility index (Phi) is 6.39. The van der Waals surface area contributed by atoms with Crippen molar-refractivity contribution in [2.45, 2.75) is 44.8 Å². The molecule has 2 unspecified atom stereocenters. The smallest absolute Gasteiger partial charge is 0.345 e.